The second kappa shape index (κ2) is 10.1. The predicted molar refractivity (Wildman–Crippen MR) is 117 cm³/mol. The number of carbonyl (C=O) groups excluding carboxylic acids is 1. The van der Waals surface area contributed by atoms with Gasteiger partial charge >= 0.3 is 0 Å². The smallest absolute Gasteiger partial charge is 0.251 e. The first-order chi connectivity index (χ1) is 14.4. The zero-order chi connectivity index (χ0) is 21.6. The number of hydrogen-bond acceptors (Lipinski definition) is 4. The largest absolute Gasteiger partial charge is 0.491 e. The Labute approximate surface area is 179 Å². The number of nitrogens with one attached hydrogen (secondary N) is 1. The Balaban J connectivity index is 1.64. The van der Waals surface area contributed by atoms with Crippen molar-refractivity contribution in [1.82, 2.24) is 9.62 Å². The Kier molecular flexibility index (Phi) is 7.50. The van der Waals surface area contributed by atoms with Crippen molar-refractivity contribution < 1.29 is 17.9 Å². The molecule has 0 aromatic heterocycles. The number of aryl methyl sites for hydroxylation is 1. The van der Waals surface area contributed by atoms with Crippen LogP contribution in [0.2, 0.25) is 0 Å². The van der Waals surface area contributed by atoms with E-state index in [1.54, 1.807) is 18.2 Å². The summed E-state index contributed by atoms with van der Waals surface area (Å²) in [7, 11) is -3.59. The van der Waals surface area contributed by atoms with Gasteiger partial charge in [0.1, 0.15) is 12.4 Å². The molecule has 1 fully saturated rings. The fraction of sp³-hybridized carbons (Fsp3) is 0.435. The highest BCUT2D eigenvalue weighted by atomic mass is 32.2. The van der Waals surface area contributed by atoms with E-state index in [9.17, 15) is 13.2 Å². The Bertz CT molecular complexity index is 967. The van der Waals surface area contributed by atoms with E-state index in [0.29, 0.717) is 25.3 Å². The zero-order valence-electron chi connectivity index (χ0n) is 17.6. The highest BCUT2D eigenvalue weighted by Gasteiger charge is 2.26. The lowest BCUT2D eigenvalue weighted by Crippen LogP contribution is -2.37. The van der Waals surface area contributed by atoms with Crippen LogP contribution in [0.5, 0.6) is 5.75 Å². The minimum Gasteiger partial charge on any atom is -0.491 e. The van der Waals surface area contributed by atoms with Crippen LogP contribution in [0, 0.1) is 6.92 Å². The standard InChI is InChI=1S/C23H30N2O4S/c1-18-10-5-6-13-22(18)29-17-19(2)24-23(26)20-11-9-12-21(16-20)30(27,28)25-14-7-3-4-8-15-25/h5-6,9-13,16,19H,3-4,7-8,14-15,17H2,1-2H3,(H,24,26)/t19-/m1/s1. The summed E-state index contributed by atoms with van der Waals surface area (Å²) in [6.45, 7) is 5.21. The normalized spacial score (nSPS) is 16.5. The van der Waals surface area contributed by atoms with E-state index < -0.39 is 10.0 Å². The summed E-state index contributed by atoms with van der Waals surface area (Å²) in [5.74, 6) is 0.466. The Hall–Kier alpha value is -2.38. The summed E-state index contributed by atoms with van der Waals surface area (Å²) < 4.78 is 33.3. The van der Waals surface area contributed by atoms with Crippen LogP contribution in [0.1, 0.15) is 48.5 Å². The summed E-state index contributed by atoms with van der Waals surface area (Å²) in [5, 5.41) is 2.88. The lowest BCUT2D eigenvalue weighted by atomic mass is 10.2. The van der Waals surface area contributed by atoms with Gasteiger partial charge in [-0.05, 0) is 56.5 Å². The van der Waals surface area contributed by atoms with Crippen LogP contribution < -0.4 is 10.1 Å². The molecule has 1 amide bonds. The Morgan fingerprint density at radius 1 is 1.07 bits per heavy atom. The van der Waals surface area contributed by atoms with E-state index in [0.717, 1.165) is 37.0 Å². The first-order valence-electron chi connectivity index (χ1n) is 10.5. The van der Waals surface area contributed by atoms with Gasteiger partial charge in [0, 0.05) is 18.7 Å². The first kappa shape index (κ1) is 22.3. The molecule has 1 saturated heterocycles. The van der Waals surface area contributed by atoms with Crippen molar-refractivity contribution in [2.24, 2.45) is 0 Å². The van der Waals surface area contributed by atoms with Crippen LogP contribution in [0.4, 0.5) is 0 Å². The van der Waals surface area contributed by atoms with E-state index in [-0.39, 0.29) is 16.8 Å². The SMILES string of the molecule is Cc1ccccc1OC[C@@H](C)NC(=O)c1cccc(S(=O)(=O)N2CCCCCC2)c1. The number of rotatable bonds is 7. The topological polar surface area (TPSA) is 75.7 Å². The number of nitrogens with zero attached hydrogens (tertiary/aromatic N) is 1. The third-order valence-electron chi connectivity index (χ3n) is 5.26. The van der Waals surface area contributed by atoms with Gasteiger partial charge in [-0.3, -0.25) is 4.79 Å². The number of para-hydroxylation sites is 1. The van der Waals surface area contributed by atoms with E-state index in [2.05, 4.69) is 5.32 Å². The van der Waals surface area contributed by atoms with Crippen LogP contribution in [0.15, 0.2) is 53.4 Å². The van der Waals surface area contributed by atoms with Gasteiger partial charge in [0.25, 0.3) is 5.91 Å². The Morgan fingerprint density at radius 2 is 1.77 bits per heavy atom. The van der Waals surface area contributed by atoms with Gasteiger partial charge in [0.15, 0.2) is 0 Å². The maximum absolute atomic E-state index is 13.0. The number of hydrogen-bond donors (Lipinski definition) is 1. The molecule has 162 valence electrons. The van der Waals surface area contributed by atoms with E-state index >= 15 is 0 Å². The summed E-state index contributed by atoms with van der Waals surface area (Å²) in [4.78, 5) is 12.8. The molecule has 0 aliphatic carbocycles. The summed E-state index contributed by atoms with van der Waals surface area (Å²) in [5.41, 5.74) is 1.36. The molecule has 0 radical (unpaired) electrons. The van der Waals surface area contributed by atoms with Crippen molar-refractivity contribution in [3.05, 3.63) is 59.7 Å². The molecule has 0 unspecified atom stereocenters. The summed E-state index contributed by atoms with van der Waals surface area (Å²) >= 11 is 0. The van der Waals surface area contributed by atoms with Crippen molar-refractivity contribution in [2.75, 3.05) is 19.7 Å². The number of benzene rings is 2. The highest BCUT2D eigenvalue weighted by Crippen LogP contribution is 2.21. The molecular weight excluding hydrogens is 400 g/mol. The second-order valence-electron chi connectivity index (χ2n) is 7.80. The van der Waals surface area contributed by atoms with Crippen molar-refractivity contribution >= 4 is 15.9 Å². The van der Waals surface area contributed by atoms with Crippen molar-refractivity contribution in [2.45, 2.75) is 50.5 Å². The fourth-order valence-corrected chi connectivity index (χ4v) is 5.07. The molecule has 0 spiro atoms. The van der Waals surface area contributed by atoms with Crippen molar-refractivity contribution in [3.63, 3.8) is 0 Å². The molecule has 1 heterocycles. The van der Waals surface area contributed by atoms with Gasteiger partial charge in [-0.1, -0.05) is 37.1 Å². The van der Waals surface area contributed by atoms with Gasteiger partial charge in [0.2, 0.25) is 10.0 Å². The lowest BCUT2D eigenvalue weighted by molar-refractivity contribution is 0.0926. The highest BCUT2D eigenvalue weighted by molar-refractivity contribution is 7.89. The van der Waals surface area contributed by atoms with Gasteiger partial charge in [-0.15, -0.1) is 0 Å². The zero-order valence-corrected chi connectivity index (χ0v) is 18.5. The first-order valence-corrected chi connectivity index (χ1v) is 11.9. The van der Waals surface area contributed by atoms with Crippen molar-refractivity contribution in [1.29, 1.82) is 0 Å². The molecule has 1 aliphatic rings. The predicted octanol–water partition coefficient (Wildman–Crippen LogP) is 3.76. The molecule has 1 N–H and O–H groups in total. The molecule has 0 saturated carbocycles. The van der Waals surface area contributed by atoms with Gasteiger partial charge in [-0.2, -0.15) is 4.31 Å². The molecule has 6 nitrogen and oxygen atoms in total. The van der Waals surface area contributed by atoms with Crippen LogP contribution in [0.25, 0.3) is 0 Å². The average Bonchev–Trinajstić information content (AvgIpc) is 3.03. The molecule has 1 atom stereocenters. The Morgan fingerprint density at radius 3 is 2.47 bits per heavy atom. The second-order valence-corrected chi connectivity index (χ2v) is 9.74. The monoisotopic (exact) mass is 430 g/mol. The van der Waals surface area contributed by atoms with Gasteiger partial charge in [0.05, 0.1) is 10.9 Å². The molecule has 30 heavy (non-hydrogen) atoms. The van der Waals surface area contributed by atoms with Crippen molar-refractivity contribution in [3.8, 4) is 5.75 Å². The van der Waals surface area contributed by atoms with Crippen LogP contribution in [0.3, 0.4) is 0 Å². The number of carbonyl (C=O) groups is 1. The lowest BCUT2D eigenvalue weighted by Gasteiger charge is -2.20. The third-order valence-corrected chi connectivity index (χ3v) is 7.15. The molecule has 0 bridgehead atoms. The number of amides is 1. The van der Waals surface area contributed by atoms with Gasteiger partial charge in [-0.25, -0.2) is 8.42 Å². The fourth-order valence-electron chi connectivity index (χ4n) is 3.51. The van der Waals surface area contributed by atoms with Crippen LogP contribution in [-0.4, -0.2) is 44.4 Å². The number of sulfonamides is 1. The van der Waals surface area contributed by atoms with E-state index in [1.807, 2.05) is 38.1 Å². The average molecular weight is 431 g/mol. The molecule has 3 rings (SSSR count). The molecule has 7 heteroatoms. The maximum atomic E-state index is 13.0. The molecule has 2 aromatic carbocycles. The van der Waals surface area contributed by atoms with Crippen LogP contribution in [-0.2, 0) is 10.0 Å². The minimum absolute atomic E-state index is 0.167. The molecular formula is C23H30N2O4S. The molecule has 1 aliphatic heterocycles. The van der Waals surface area contributed by atoms with E-state index in [4.69, 9.17) is 4.74 Å². The van der Waals surface area contributed by atoms with E-state index in [1.165, 1.54) is 10.4 Å². The summed E-state index contributed by atoms with van der Waals surface area (Å²) in [6.07, 6.45) is 3.85. The van der Waals surface area contributed by atoms with Gasteiger partial charge < -0.3 is 10.1 Å². The quantitative estimate of drug-likeness (QED) is 0.726. The summed E-state index contributed by atoms with van der Waals surface area (Å²) in [6, 6.07) is 13.7. The van der Waals surface area contributed by atoms with Crippen LogP contribution >= 0.6 is 0 Å². The minimum atomic E-state index is -3.59. The third kappa shape index (κ3) is 5.61. The maximum Gasteiger partial charge on any atom is 0.251 e. The molecule has 2 aromatic rings. The number of ether oxygens (including phenoxy) is 1.